The first-order chi connectivity index (χ1) is 12.2. The van der Waals surface area contributed by atoms with E-state index in [4.69, 9.17) is 28.2 Å². The van der Waals surface area contributed by atoms with Crippen molar-refractivity contribution in [1.29, 1.82) is 0 Å². The van der Waals surface area contributed by atoms with E-state index in [9.17, 15) is 0 Å². The minimum Gasteiger partial charge on any atom is -0.342 e. The first-order valence-corrected chi connectivity index (χ1v) is 9.76. The Labute approximate surface area is 159 Å². The van der Waals surface area contributed by atoms with E-state index in [1.807, 2.05) is 12.1 Å². The van der Waals surface area contributed by atoms with Crippen molar-refractivity contribution in [3.63, 3.8) is 0 Å². The fourth-order valence-corrected chi connectivity index (χ4v) is 4.79. The third-order valence-corrected chi connectivity index (χ3v) is 6.00. The van der Waals surface area contributed by atoms with Crippen molar-refractivity contribution >= 4 is 34.7 Å². The number of benzene rings is 2. The molecule has 2 nitrogen and oxygen atoms in total. The normalized spacial score (nSPS) is 20.3. The van der Waals surface area contributed by atoms with Crippen LogP contribution in [0.5, 0.6) is 0 Å². The summed E-state index contributed by atoms with van der Waals surface area (Å²) in [5, 5.41) is 4.97. The molecular formula is C21H22Cl2N2. The molecule has 0 aromatic heterocycles. The largest absolute Gasteiger partial charge is 0.342 e. The molecule has 0 unspecified atom stereocenters. The number of aliphatic imine (C=N–C) groups is 1. The van der Waals surface area contributed by atoms with E-state index >= 15 is 0 Å². The van der Waals surface area contributed by atoms with Gasteiger partial charge in [-0.05, 0) is 42.5 Å². The number of rotatable bonds is 2. The first-order valence-electron chi connectivity index (χ1n) is 9.00. The van der Waals surface area contributed by atoms with E-state index in [0.717, 1.165) is 17.9 Å². The van der Waals surface area contributed by atoms with Gasteiger partial charge in [-0.15, -0.1) is 0 Å². The standard InChI is InChI=1S/C21H22Cl2N2/c22-17-11-16-13-21(9-5-2-6-10-21)20(25-19(16)18(23)12-17)24-14-15-7-3-1-4-8-15/h1,3-4,7-8,11-12H,2,5-6,9-10,13-14H2,(H,24,25). The third kappa shape index (κ3) is 3.43. The second kappa shape index (κ2) is 7.01. The van der Waals surface area contributed by atoms with Gasteiger partial charge in [-0.1, -0.05) is 72.8 Å². The van der Waals surface area contributed by atoms with E-state index in [1.54, 1.807) is 0 Å². The molecule has 1 aliphatic heterocycles. The molecule has 2 aromatic carbocycles. The van der Waals surface area contributed by atoms with Crippen LogP contribution in [0.15, 0.2) is 47.5 Å². The Morgan fingerprint density at radius 1 is 1.00 bits per heavy atom. The number of nitrogens with one attached hydrogen (secondary N) is 1. The smallest absolute Gasteiger partial charge is 0.108 e. The zero-order valence-corrected chi connectivity index (χ0v) is 15.7. The van der Waals surface area contributed by atoms with Crippen LogP contribution in [0.2, 0.25) is 10.0 Å². The first kappa shape index (κ1) is 16.9. The Kier molecular flexibility index (Phi) is 4.75. The van der Waals surface area contributed by atoms with Gasteiger partial charge in [0.05, 0.1) is 17.3 Å². The molecule has 1 spiro atoms. The quantitative estimate of drug-likeness (QED) is 0.637. The van der Waals surface area contributed by atoms with Gasteiger partial charge in [-0.3, -0.25) is 4.99 Å². The minimum absolute atomic E-state index is 0.105. The molecule has 0 amide bonds. The second-order valence-electron chi connectivity index (χ2n) is 7.21. The second-order valence-corrected chi connectivity index (χ2v) is 8.06. The van der Waals surface area contributed by atoms with Crippen molar-refractivity contribution in [1.82, 2.24) is 0 Å². The van der Waals surface area contributed by atoms with Crippen molar-refractivity contribution in [3.8, 4) is 0 Å². The molecule has 0 bridgehead atoms. The summed E-state index contributed by atoms with van der Waals surface area (Å²) in [6.07, 6.45) is 7.17. The van der Waals surface area contributed by atoms with Crippen molar-refractivity contribution in [2.45, 2.75) is 45.1 Å². The molecule has 130 valence electrons. The van der Waals surface area contributed by atoms with Crippen LogP contribution in [-0.4, -0.2) is 5.84 Å². The third-order valence-electron chi connectivity index (χ3n) is 5.48. The number of fused-ring (bicyclic) bond motifs is 1. The van der Waals surface area contributed by atoms with Gasteiger partial charge in [-0.25, -0.2) is 0 Å². The van der Waals surface area contributed by atoms with Gasteiger partial charge in [0, 0.05) is 10.4 Å². The number of anilines is 1. The Morgan fingerprint density at radius 2 is 1.76 bits per heavy atom. The van der Waals surface area contributed by atoms with E-state index in [1.165, 1.54) is 43.2 Å². The highest BCUT2D eigenvalue weighted by molar-refractivity contribution is 6.37. The number of hydrogen-bond donors (Lipinski definition) is 1. The van der Waals surface area contributed by atoms with Crippen LogP contribution in [-0.2, 0) is 13.0 Å². The Balaban J connectivity index is 1.72. The minimum atomic E-state index is 0.105. The van der Waals surface area contributed by atoms with Crippen LogP contribution in [0.1, 0.15) is 43.2 Å². The maximum atomic E-state index is 6.46. The lowest BCUT2D eigenvalue weighted by Crippen LogP contribution is -2.43. The van der Waals surface area contributed by atoms with Gasteiger partial charge in [-0.2, -0.15) is 0 Å². The van der Waals surface area contributed by atoms with Crippen LogP contribution in [0.25, 0.3) is 0 Å². The van der Waals surface area contributed by atoms with Crippen molar-refractivity contribution in [2.24, 2.45) is 10.4 Å². The Hall–Kier alpha value is -1.51. The lowest BCUT2D eigenvalue weighted by Gasteiger charge is -2.43. The summed E-state index contributed by atoms with van der Waals surface area (Å²) in [4.78, 5) is 5.01. The number of hydrogen-bond acceptors (Lipinski definition) is 1. The molecule has 1 heterocycles. The molecule has 25 heavy (non-hydrogen) atoms. The molecule has 0 atom stereocenters. The van der Waals surface area contributed by atoms with E-state index < -0.39 is 0 Å². The highest BCUT2D eigenvalue weighted by Crippen LogP contribution is 2.47. The van der Waals surface area contributed by atoms with Crippen molar-refractivity contribution in [3.05, 3.63) is 63.6 Å². The number of nitrogens with zero attached hydrogens (tertiary/aromatic N) is 1. The molecular weight excluding hydrogens is 351 g/mol. The Bertz CT molecular complexity index is 793. The van der Waals surface area contributed by atoms with Gasteiger partial charge in [0.15, 0.2) is 0 Å². The van der Waals surface area contributed by atoms with Gasteiger partial charge >= 0.3 is 0 Å². The molecule has 0 radical (unpaired) electrons. The molecule has 1 N–H and O–H groups in total. The summed E-state index contributed by atoms with van der Waals surface area (Å²) in [6.45, 7) is 0.700. The SMILES string of the molecule is Clc1cc(Cl)c2c(c1)CC1(CCCCC1)C(=NCc1ccccc1)N2. The average Bonchev–Trinajstić information content (AvgIpc) is 2.61. The molecule has 2 aromatic rings. The van der Waals surface area contributed by atoms with Gasteiger partial charge in [0.2, 0.25) is 0 Å². The highest BCUT2D eigenvalue weighted by Gasteiger charge is 2.41. The van der Waals surface area contributed by atoms with Crippen molar-refractivity contribution in [2.75, 3.05) is 5.32 Å². The monoisotopic (exact) mass is 372 g/mol. The van der Waals surface area contributed by atoms with E-state index in [2.05, 4.69) is 35.6 Å². The number of amidine groups is 1. The lowest BCUT2D eigenvalue weighted by molar-refractivity contribution is 0.278. The molecule has 1 aliphatic carbocycles. The fraction of sp³-hybridized carbons (Fsp3) is 0.381. The molecule has 4 rings (SSSR count). The highest BCUT2D eigenvalue weighted by atomic mass is 35.5. The van der Waals surface area contributed by atoms with Gasteiger partial charge in [0.25, 0.3) is 0 Å². The maximum Gasteiger partial charge on any atom is 0.108 e. The average molecular weight is 373 g/mol. The van der Waals surface area contributed by atoms with Crippen LogP contribution in [0.3, 0.4) is 0 Å². The molecule has 1 saturated carbocycles. The number of halogens is 2. The van der Waals surface area contributed by atoms with E-state index in [0.29, 0.717) is 16.6 Å². The maximum absolute atomic E-state index is 6.46. The molecule has 4 heteroatoms. The Morgan fingerprint density at radius 3 is 2.52 bits per heavy atom. The van der Waals surface area contributed by atoms with Crippen LogP contribution < -0.4 is 5.32 Å². The van der Waals surface area contributed by atoms with Gasteiger partial charge < -0.3 is 5.32 Å². The fourth-order valence-electron chi connectivity index (χ4n) is 4.21. The molecule has 0 saturated heterocycles. The van der Waals surface area contributed by atoms with Crippen LogP contribution in [0.4, 0.5) is 5.69 Å². The summed E-state index contributed by atoms with van der Waals surface area (Å²) in [5.74, 6) is 1.10. The van der Waals surface area contributed by atoms with Crippen LogP contribution in [0, 0.1) is 5.41 Å². The predicted octanol–water partition coefficient (Wildman–Crippen LogP) is 6.51. The predicted molar refractivity (Wildman–Crippen MR) is 107 cm³/mol. The topological polar surface area (TPSA) is 24.4 Å². The zero-order chi connectivity index (χ0) is 17.3. The van der Waals surface area contributed by atoms with E-state index in [-0.39, 0.29) is 5.41 Å². The molecule has 1 fully saturated rings. The summed E-state index contributed by atoms with van der Waals surface area (Å²) in [6, 6.07) is 14.3. The summed E-state index contributed by atoms with van der Waals surface area (Å²) in [5.41, 5.74) is 3.54. The lowest BCUT2D eigenvalue weighted by atomic mass is 9.67. The van der Waals surface area contributed by atoms with Crippen molar-refractivity contribution < 1.29 is 0 Å². The summed E-state index contributed by atoms with van der Waals surface area (Å²) >= 11 is 12.7. The zero-order valence-electron chi connectivity index (χ0n) is 14.2. The van der Waals surface area contributed by atoms with Gasteiger partial charge in [0.1, 0.15) is 5.84 Å². The van der Waals surface area contributed by atoms with Crippen LogP contribution >= 0.6 is 23.2 Å². The molecule has 2 aliphatic rings. The summed E-state index contributed by atoms with van der Waals surface area (Å²) < 4.78 is 0. The summed E-state index contributed by atoms with van der Waals surface area (Å²) in [7, 11) is 0.